The standard InChI is InChI=1S/C18H23N3O3S/c1-23-16-4-2-3-15(11-16)20-18(22)19-12-17(14-5-10-25-13-14)21-6-8-24-9-7-21/h2-5,10-11,13,17H,6-9,12H2,1H3,(H2,19,20,22). The van der Waals surface area contributed by atoms with Gasteiger partial charge in [-0.15, -0.1) is 0 Å². The third-order valence-electron chi connectivity index (χ3n) is 4.20. The summed E-state index contributed by atoms with van der Waals surface area (Å²) < 4.78 is 10.6. The third-order valence-corrected chi connectivity index (χ3v) is 4.90. The van der Waals surface area contributed by atoms with Gasteiger partial charge >= 0.3 is 6.03 Å². The van der Waals surface area contributed by atoms with E-state index in [4.69, 9.17) is 9.47 Å². The number of thiophene rings is 1. The Kier molecular flexibility index (Phi) is 6.27. The maximum absolute atomic E-state index is 12.3. The van der Waals surface area contributed by atoms with Gasteiger partial charge in [0.2, 0.25) is 0 Å². The summed E-state index contributed by atoms with van der Waals surface area (Å²) in [5, 5.41) is 10.0. The zero-order valence-corrected chi connectivity index (χ0v) is 15.1. The lowest BCUT2D eigenvalue weighted by Gasteiger charge is -2.34. The fourth-order valence-corrected chi connectivity index (χ4v) is 3.58. The Bertz CT molecular complexity index is 672. The first kappa shape index (κ1) is 17.7. The quantitative estimate of drug-likeness (QED) is 0.830. The number of amides is 2. The number of carbonyl (C=O) groups is 1. The number of hydrogen-bond acceptors (Lipinski definition) is 5. The van der Waals surface area contributed by atoms with E-state index in [1.54, 1.807) is 24.5 Å². The first-order chi connectivity index (χ1) is 12.3. The van der Waals surface area contributed by atoms with E-state index in [0.29, 0.717) is 18.0 Å². The molecule has 1 atom stereocenters. The lowest BCUT2D eigenvalue weighted by atomic mass is 10.1. The zero-order chi connectivity index (χ0) is 17.5. The van der Waals surface area contributed by atoms with Crippen molar-refractivity contribution in [3.05, 3.63) is 46.7 Å². The highest BCUT2D eigenvalue weighted by atomic mass is 32.1. The van der Waals surface area contributed by atoms with Gasteiger partial charge in [-0.05, 0) is 34.5 Å². The zero-order valence-electron chi connectivity index (χ0n) is 14.2. The number of nitrogens with zero attached hydrogens (tertiary/aromatic N) is 1. The maximum atomic E-state index is 12.3. The second-order valence-corrected chi connectivity index (χ2v) is 6.57. The molecule has 2 amide bonds. The fraction of sp³-hybridized carbons (Fsp3) is 0.389. The summed E-state index contributed by atoms with van der Waals surface area (Å²) in [7, 11) is 1.60. The first-order valence-electron chi connectivity index (χ1n) is 8.29. The van der Waals surface area contributed by atoms with Gasteiger partial charge in [0.1, 0.15) is 5.75 Å². The van der Waals surface area contributed by atoms with Crippen molar-refractivity contribution in [3.8, 4) is 5.75 Å². The van der Waals surface area contributed by atoms with Gasteiger partial charge in [-0.1, -0.05) is 6.07 Å². The molecule has 0 radical (unpaired) electrons. The van der Waals surface area contributed by atoms with Crippen molar-refractivity contribution in [2.45, 2.75) is 6.04 Å². The summed E-state index contributed by atoms with van der Waals surface area (Å²) in [5.41, 5.74) is 1.93. The van der Waals surface area contributed by atoms with Crippen molar-refractivity contribution in [1.29, 1.82) is 0 Å². The second-order valence-electron chi connectivity index (χ2n) is 5.79. The number of hydrogen-bond donors (Lipinski definition) is 2. The Morgan fingerprint density at radius 1 is 1.36 bits per heavy atom. The van der Waals surface area contributed by atoms with Crippen LogP contribution >= 0.6 is 11.3 Å². The number of anilines is 1. The van der Waals surface area contributed by atoms with E-state index >= 15 is 0 Å². The van der Waals surface area contributed by atoms with Crippen LogP contribution in [-0.4, -0.2) is 50.9 Å². The Labute approximate surface area is 151 Å². The minimum Gasteiger partial charge on any atom is -0.497 e. The van der Waals surface area contributed by atoms with Crippen molar-refractivity contribution in [2.75, 3.05) is 45.3 Å². The second kappa shape index (κ2) is 8.84. The molecule has 2 N–H and O–H groups in total. The number of nitrogens with one attached hydrogen (secondary N) is 2. The average Bonchev–Trinajstić information content (AvgIpc) is 3.17. The van der Waals surface area contributed by atoms with Crippen LogP contribution in [0.1, 0.15) is 11.6 Å². The molecule has 6 nitrogen and oxygen atoms in total. The van der Waals surface area contributed by atoms with Gasteiger partial charge < -0.3 is 20.1 Å². The van der Waals surface area contributed by atoms with E-state index < -0.39 is 0 Å². The topological polar surface area (TPSA) is 62.8 Å². The molecule has 7 heteroatoms. The highest BCUT2D eigenvalue weighted by molar-refractivity contribution is 7.07. The van der Waals surface area contributed by atoms with Crippen LogP contribution < -0.4 is 15.4 Å². The Morgan fingerprint density at radius 2 is 2.20 bits per heavy atom. The van der Waals surface area contributed by atoms with Crippen LogP contribution in [0.25, 0.3) is 0 Å². The molecule has 1 aliphatic rings. The molecular formula is C18H23N3O3S. The molecule has 0 saturated carbocycles. The molecule has 0 bridgehead atoms. The highest BCUT2D eigenvalue weighted by Gasteiger charge is 2.23. The molecule has 0 aliphatic carbocycles. The smallest absolute Gasteiger partial charge is 0.319 e. The predicted octanol–water partition coefficient (Wildman–Crippen LogP) is 2.95. The number of benzene rings is 1. The van der Waals surface area contributed by atoms with Gasteiger partial charge in [-0.3, -0.25) is 4.90 Å². The van der Waals surface area contributed by atoms with Crippen molar-refractivity contribution >= 4 is 23.1 Å². The predicted molar refractivity (Wildman–Crippen MR) is 99.5 cm³/mol. The first-order valence-corrected chi connectivity index (χ1v) is 9.23. The van der Waals surface area contributed by atoms with Crippen LogP contribution in [-0.2, 0) is 4.74 Å². The van der Waals surface area contributed by atoms with Gasteiger partial charge in [0.05, 0.1) is 26.4 Å². The summed E-state index contributed by atoms with van der Waals surface area (Å²) in [6.07, 6.45) is 0. The molecule has 1 aromatic carbocycles. The van der Waals surface area contributed by atoms with E-state index in [0.717, 1.165) is 26.3 Å². The van der Waals surface area contributed by atoms with Gasteiger partial charge in [0.15, 0.2) is 0 Å². The normalized spacial score (nSPS) is 16.2. The van der Waals surface area contributed by atoms with Crippen molar-refractivity contribution in [2.24, 2.45) is 0 Å². The van der Waals surface area contributed by atoms with E-state index in [1.807, 2.05) is 18.2 Å². The fourth-order valence-electron chi connectivity index (χ4n) is 2.88. The Hall–Kier alpha value is -2.09. The summed E-state index contributed by atoms with van der Waals surface area (Å²) in [5.74, 6) is 0.710. The summed E-state index contributed by atoms with van der Waals surface area (Å²) >= 11 is 1.67. The van der Waals surface area contributed by atoms with Gasteiger partial charge in [-0.2, -0.15) is 11.3 Å². The number of urea groups is 1. The van der Waals surface area contributed by atoms with E-state index in [-0.39, 0.29) is 12.1 Å². The van der Waals surface area contributed by atoms with Crippen LogP contribution in [0, 0.1) is 0 Å². The minimum atomic E-state index is -0.221. The van der Waals surface area contributed by atoms with Crippen LogP contribution in [0.3, 0.4) is 0 Å². The van der Waals surface area contributed by atoms with E-state index in [9.17, 15) is 4.79 Å². The lowest BCUT2D eigenvalue weighted by molar-refractivity contribution is 0.0168. The number of methoxy groups -OCH3 is 1. The van der Waals surface area contributed by atoms with Crippen molar-refractivity contribution < 1.29 is 14.3 Å². The molecule has 1 aromatic heterocycles. The molecule has 3 rings (SSSR count). The lowest BCUT2D eigenvalue weighted by Crippen LogP contribution is -2.44. The van der Waals surface area contributed by atoms with Gasteiger partial charge in [0.25, 0.3) is 0 Å². The highest BCUT2D eigenvalue weighted by Crippen LogP contribution is 2.23. The number of rotatable bonds is 6. The Balaban J connectivity index is 1.59. The molecule has 1 unspecified atom stereocenters. The number of ether oxygens (including phenoxy) is 2. The monoisotopic (exact) mass is 361 g/mol. The van der Waals surface area contributed by atoms with Crippen LogP contribution in [0.15, 0.2) is 41.1 Å². The van der Waals surface area contributed by atoms with Crippen LogP contribution in [0.2, 0.25) is 0 Å². The van der Waals surface area contributed by atoms with E-state index in [2.05, 4.69) is 32.4 Å². The van der Waals surface area contributed by atoms with Gasteiger partial charge in [0, 0.05) is 31.4 Å². The molecule has 134 valence electrons. The van der Waals surface area contributed by atoms with Crippen molar-refractivity contribution in [1.82, 2.24) is 10.2 Å². The molecule has 2 heterocycles. The molecule has 0 spiro atoms. The Morgan fingerprint density at radius 3 is 2.92 bits per heavy atom. The third kappa shape index (κ3) is 4.94. The molecular weight excluding hydrogens is 338 g/mol. The average molecular weight is 361 g/mol. The summed E-state index contributed by atoms with van der Waals surface area (Å²) in [6.45, 7) is 3.76. The largest absolute Gasteiger partial charge is 0.497 e. The molecule has 25 heavy (non-hydrogen) atoms. The van der Waals surface area contributed by atoms with Crippen LogP contribution in [0.5, 0.6) is 5.75 Å². The van der Waals surface area contributed by atoms with Crippen LogP contribution in [0.4, 0.5) is 10.5 Å². The molecule has 1 fully saturated rings. The maximum Gasteiger partial charge on any atom is 0.319 e. The van der Waals surface area contributed by atoms with Gasteiger partial charge in [-0.25, -0.2) is 4.79 Å². The summed E-state index contributed by atoms with van der Waals surface area (Å²) in [4.78, 5) is 14.6. The van der Waals surface area contributed by atoms with E-state index in [1.165, 1.54) is 5.56 Å². The molecule has 2 aromatic rings. The SMILES string of the molecule is COc1cccc(NC(=O)NCC(c2ccsc2)N2CCOCC2)c1. The number of carbonyl (C=O) groups excluding carboxylic acids is 1. The molecule has 1 saturated heterocycles. The number of morpholine rings is 1. The van der Waals surface area contributed by atoms with Crippen molar-refractivity contribution in [3.63, 3.8) is 0 Å². The molecule has 1 aliphatic heterocycles. The summed E-state index contributed by atoms with van der Waals surface area (Å²) in [6, 6.07) is 9.36. The minimum absolute atomic E-state index is 0.159.